The molecule has 0 saturated carbocycles. The molecule has 3 N–H and O–H groups in total. The van der Waals surface area contributed by atoms with E-state index in [0.29, 0.717) is 10.8 Å². The maximum absolute atomic E-state index is 11.7. The molecule has 1 aromatic heterocycles. The molecule has 24 heavy (non-hydrogen) atoms. The van der Waals surface area contributed by atoms with Crippen molar-refractivity contribution in [1.29, 1.82) is 0 Å². The summed E-state index contributed by atoms with van der Waals surface area (Å²) < 4.78 is 10.5. The zero-order valence-corrected chi connectivity index (χ0v) is 13.8. The van der Waals surface area contributed by atoms with E-state index in [2.05, 4.69) is 16.2 Å². The van der Waals surface area contributed by atoms with Gasteiger partial charge in [0.05, 0.1) is 18.8 Å². The molecule has 8 heteroatoms. The molecule has 0 saturated heterocycles. The van der Waals surface area contributed by atoms with Crippen molar-refractivity contribution in [2.75, 3.05) is 13.2 Å². The Balaban J connectivity index is 1.62. The van der Waals surface area contributed by atoms with E-state index in [1.54, 1.807) is 36.6 Å². The van der Waals surface area contributed by atoms with Crippen LogP contribution in [0.25, 0.3) is 0 Å². The summed E-state index contributed by atoms with van der Waals surface area (Å²) in [7, 11) is 0. The predicted molar refractivity (Wildman–Crippen MR) is 88.4 cm³/mol. The van der Waals surface area contributed by atoms with E-state index in [9.17, 15) is 9.59 Å². The molecule has 0 radical (unpaired) electrons. The van der Waals surface area contributed by atoms with Crippen LogP contribution in [0.4, 0.5) is 0 Å². The quantitative estimate of drug-likeness (QED) is 0.662. The first-order chi connectivity index (χ1) is 11.5. The van der Waals surface area contributed by atoms with Gasteiger partial charge in [-0.05, 0) is 43.3 Å². The molecule has 0 spiro atoms. The van der Waals surface area contributed by atoms with Crippen LogP contribution in [0.3, 0.4) is 0 Å². The smallest absolute Gasteiger partial charge is 0.276 e. The van der Waals surface area contributed by atoms with Gasteiger partial charge in [0.2, 0.25) is 0 Å². The van der Waals surface area contributed by atoms with Gasteiger partial charge in [0.25, 0.3) is 11.8 Å². The van der Waals surface area contributed by atoms with Crippen LogP contribution in [-0.4, -0.2) is 25.0 Å². The van der Waals surface area contributed by atoms with Gasteiger partial charge in [-0.15, -0.1) is 0 Å². The number of benzene rings is 1. The van der Waals surface area contributed by atoms with Crippen molar-refractivity contribution in [3.8, 4) is 5.75 Å². The molecule has 2 amide bonds. The molecule has 0 aliphatic carbocycles. The fourth-order valence-electron chi connectivity index (χ4n) is 1.78. The zero-order valence-electron chi connectivity index (χ0n) is 13.0. The Labute approximate surface area is 144 Å². The van der Waals surface area contributed by atoms with Crippen molar-refractivity contribution >= 4 is 23.4 Å². The monoisotopic (exact) mass is 351 g/mol. The van der Waals surface area contributed by atoms with Crippen LogP contribution in [-0.2, 0) is 9.59 Å². The molecule has 1 heterocycles. The lowest BCUT2D eigenvalue weighted by atomic mass is 10.2. The van der Waals surface area contributed by atoms with Crippen molar-refractivity contribution in [2.24, 2.45) is 0 Å². The third kappa shape index (κ3) is 5.94. The summed E-state index contributed by atoms with van der Waals surface area (Å²) >= 11 is 5.75. The molecule has 2 rings (SSSR count). The summed E-state index contributed by atoms with van der Waals surface area (Å²) in [5.74, 6) is 0.378. The van der Waals surface area contributed by atoms with Gasteiger partial charge < -0.3 is 9.15 Å². The third-order valence-electron chi connectivity index (χ3n) is 3.06. The summed E-state index contributed by atoms with van der Waals surface area (Å²) in [4.78, 5) is 23.3. The van der Waals surface area contributed by atoms with Gasteiger partial charge in [0.15, 0.2) is 6.61 Å². The number of carbonyl (C=O) groups excluding carboxylic acids is 2. The van der Waals surface area contributed by atoms with Crippen molar-refractivity contribution in [1.82, 2.24) is 16.2 Å². The first kappa shape index (κ1) is 17.8. The largest absolute Gasteiger partial charge is 0.484 e. The minimum Gasteiger partial charge on any atom is -0.484 e. The summed E-state index contributed by atoms with van der Waals surface area (Å²) in [5, 5.41) is 3.55. The van der Waals surface area contributed by atoms with Crippen LogP contribution in [0.15, 0.2) is 47.1 Å². The van der Waals surface area contributed by atoms with E-state index in [1.165, 1.54) is 0 Å². The van der Waals surface area contributed by atoms with Crippen LogP contribution in [0.1, 0.15) is 18.7 Å². The third-order valence-corrected chi connectivity index (χ3v) is 3.32. The first-order valence-corrected chi connectivity index (χ1v) is 7.65. The molecule has 2 aromatic rings. The molecular weight excluding hydrogens is 334 g/mol. The molecule has 0 bridgehead atoms. The van der Waals surface area contributed by atoms with E-state index < -0.39 is 5.91 Å². The number of amides is 2. The van der Waals surface area contributed by atoms with Crippen LogP contribution in [0, 0.1) is 0 Å². The van der Waals surface area contributed by atoms with E-state index in [-0.39, 0.29) is 25.1 Å². The van der Waals surface area contributed by atoms with Gasteiger partial charge in [-0.3, -0.25) is 25.8 Å². The molecule has 0 aliphatic rings. The van der Waals surface area contributed by atoms with Gasteiger partial charge in [0, 0.05) is 5.02 Å². The van der Waals surface area contributed by atoms with Crippen molar-refractivity contribution < 1.29 is 18.7 Å². The highest BCUT2D eigenvalue weighted by Gasteiger charge is 2.10. The van der Waals surface area contributed by atoms with Gasteiger partial charge in [-0.25, -0.2) is 0 Å². The summed E-state index contributed by atoms with van der Waals surface area (Å²) in [6.07, 6.45) is 1.56. The van der Waals surface area contributed by atoms with Crippen molar-refractivity contribution in [2.45, 2.75) is 13.0 Å². The molecule has 0 aliphatic heterocycles. The molecule has 0 unspecified atom stereocenters. The summed E-state index contributed by atoms with van der Waals surface area (Å²) in [5.41, 5.74) is 4.57. The van der Waals surface area contributed by atoms with E-state index in [1.807, 2.05) is 13.0 Å². The number of hydrogen-bond acceptors (Lipinski definition) is 5. The second kappa shape index (κ2) is 8.95. The minimum absolute atomic E-state index is 0.0280. The van der Waals surface area contributed by atoms with Gasteiger partial charge >= 0.3 is 0 Å². The summed E-state index contributed by atoms with van der Waals surface area (Å²) in [6, 6.07) is 10.1. The molecule has 7 nitrogen and oxygen atoms in total. The lowest BCUT2D eigenvalue weighted by Gasteiger charge is -2.12. The zero-order chi connectivity index (χ0) is 17.4. The second-order valence-corrected chi connectivity index (χ2v) is 5.39. The molecular formula is C16H18ClN3O4. The maximum Gasteiger partial charge on any atom is 0.276 e. The fraction of sp³-hybridized carbons (Fsp3) is 0.250. The number of ether oxygens (including phenoxy) is 1. The van der Waals surface area contributed by atoms with Gasteiger partial charge in [0.1, 0.15) is 11.5 Å². The molecule has 0 fully saturated rings. The highest BCUT2D eigenvalue weighted by Crippen LogP contribution is 2.15. The Morgan fingerprint density at radius 3 is 2.54 bits per heavy atom. The van der Waals surface area contributed by atoms with E-state index in [0.717, 1.165) is 5.76 Å². The number of carbonyl (C=O) groups is 2. The number of halogens is 1. The Bertz CT molecular complexity index is 658. The van der Waals surface area contributed by atoms with E-state index in [4.69, 9.17) is 20.8 Å². The minimum atomic E-state index is -0.475. The van der Waals surface area contributed by atoms with Crippen LogP contribution >= 0.6 is 11.6 Å². The SMILES string of the molecule is C[C@@H](NCC(=O)NNC(=O)COc1ccc(Cl)cc1)c1ccco1. The standard InChI is InChI=1S/C16H18ClN3O4/c1-11(14-3-2-8-23-14)18-9-15(21)19-20-16(22)10-24-13-6-4-12(17)5-7-13/h2-8,11,18H,9-10H2,1H3,(H,19,21)(H,20,22)/t11-/m1/s1. The number of nitrogens with one attached hydrogen (secondary N) is 3. The van der Waals surface area contributed by atoms with Crippen LogP contribution in [0.5, 0.6) is 5.75 Å². The number of hydrogen-bond donors (Lipinski definition) is 3. The van der Waals surface area contributed by atoms with Crippen LogP contribution < -0.4 is 20.9 Å². The Morgan fingerprint density at radius 2 is 1.88 bits per heavy atom. The first-order valence-electron chi connectivity index (χ1n) is 7.27. The van der Waals surface area contributed by atoms with Crippen molar-refractivity contribution in [3.05, 3.63) is 53.4 Å². The molecule has 1 aromatic carbocycles. The lowest BCUT2D eigenvalue weighted by molar-refractivity contribution is -0.129. The van der Waals surface area contributed by atoms with E-state index >= 15 is 0 Å². The van der Waals surface area contributed by atoms with Gasteiger partial charge in [-0.2, -0.15) is 0 Å². The highest BCUT2D eigenvalue weighted by atomic mass is 35.5. The predicted octanol–water partition coefficient (Wildman–Crippen LogP) is 1.81. The average molecular weight is 352 g/mol. The topological polar surface area (TPSA) is 92.6 Å². The Kier molecular flexibility index (Phi) is 6.65. The maximum atomic E-state index is 11.7. The Hall–Kier alpha value is -2.51. The second-order valence-electron chi connectivity index (χ2n) is 4.96. The molecule has 1 atom stereocenters. The van der Waals surface area contributed by atoms with Gasteiger partial charge in [-0.1, -0.05) is 11.6 Å². The van der Waals surface area contributed by atoms with Crippen molar-refractivity contribution in [3.63, 3.8) is 0 Å². The Morgan fingerprint density at radius 1 is 1.17 bits per heavy atom. The number of hydrazine groups is 1. The number of rotatable bonds is 7. The summed E-state index contributed by atoms with van der Waals surface area (Å²) in [6.45, 7) is 1.67. The average Bonchev–Trinajstić information content (AvgIpc) is 3.12. The molecule has 128 valence electrons. The lowest BCUT2D eigenvalue weighted by Crippen LogP contribution is -2.47. The number of furan rings is 1. The van der Waals surface area contributed by atoms with Crippen LogP contribution in [0.2, 0.25) is 5.02 Å². The normalized spacial score (nSPS) is 11.6. The highest BCUT2D eigenvalue weighted by molar-refractivity contribution is 6.30. The fourth-order valence-corrected chi connectivity index (χ4v) is 1.91.